The molecule has 66 valence electrons. The van der Waals surface area contributed by atoms with Crippen molar-refractivity contribution in [3.8, 4) is 11.5 Å². The lowest BCUT2D eigenvalue weighted by atomic mass is 10.1. The Kier molecular flexibility index (Phi) is 2.55. The van der Waals surface area contributed by atoms with E-state index >= 15 is 0 Å². The summed E-state index contributed by atoms with van der Waals surface area (Å²) < 4.78 is 0. The number of hydrogen-bond acceptors (Lipinski definition) is 3. The molecule has 0 aliphatic carbocycles. The molecule has 0 aliphatic heterocycles. The van der Waals surface area contributed by atoms with Crippen LogP contribution in [0.15, 0.2) is 12.1 Å². The highest BCUT2D eigenvalue weighted by atomic mass is 16.3. The second-order valence-corrected chi connectivity index (χ2v) is 2.63. The molecule has 0 amide bonds. The molecule has 0 bridgehead atoms. The second kappa shape index (κ2) is 3.45. The van der Waals surface area contributed by atoms with E-state index in [2.05, 4.69) is 0 Å². The van der Waals surface area contributed by atoms with E-state index in [-0.39, 0.29) is 18.0 Å². The summed E-state index contributed by atoms with van der Waals surface area (Å²) in [7, 11) is 0. The third kappa shape index (κ3) is 1.36. The molecule has 0 atom stereocenters. The van der Waals surface area contributed by atoms with Crippen LogP contribution in [0.3, 0.4) is 0 Å². The number of phenols is 2. The van der Waals surface area contributed by atoms with Crippen LogP contribution in [0.5, 0.6) is 11.5 Å². The first-order valence-electron chi connectivity index (χ1n) is 3.93. The van der Waals surface area contributed by atoms with E-state index in [4.69, 9.17) is 5.73 Å². The van der Waals surface area contributed by atoms with Crippen molar-refractivity contribution >= 4 is 0 Å². The third-order valence-electron chi connectivity index (χ3n) is 1.93. The molecule has 3 nitrogen and oxygen atoms in total. The van der Waals surface area contributed by atoms with Crippen molar-refractivity contribution < 1.29 is 10.2 Å². The fourth-order valence-corrected chi connectivity index (χ4v) is 1.16. The molecule has 0 radical (unpaired) electrons. The van der Waals surface area contributed by atoms with Gasteiger partial charge in [0, 0.05) is 12.1 Å². The van der Waals surface area contributed by atoms with Gasteiger partial charge in [-0.2, -0.15) is 0 Å². The summed E-state index contributed by atoms with van der Waals surface area (Å²) in [4.78, 5) is 0. The van der Waals surface area contributed by atoms with Crippen molar-refractivity contribution in [1.29, 1.82) is 0 Å². The molecule has 1 aromatic carbocycles. The van der Waals surface area contributed by atoms with E-state index in [0.717, 1.165) is 12.0 Å². The Bertz CT molecular complexity index is 284. The summed E-state index contributed by atoms with van der Waals surface area (Å²) in [6.45, 7) is 2.10. The first kappa shape index (κ1) is 8.87. The zero-order valence-corrected chi connectivity index (χ0v) is 7.04. The lowest BCUT2D eigenvalue weighted by Crippen LogP contribution is -1.98. The second-order valence-electron chi connectivity index (χ2n) is 2.63. The van der Waals surface area contributed by atoms with E-state index in [9.17, 15) is 10.2 Å². The quantitative estimate of drug-likeness (QED) is 0.618. The van der Waals surface area contributed by atoms with E-state index in [1.165, 1.54) is 0 Å². The number of benzene rings is 1. The highest BCUT2D eigenvalue weighted by molar-refractivity contribution is 5.48. The molecule has 0 spiro atoms. The molecular weight excluding hydrogens is 154 g/mol. The molecule has 0 saturated heterocycles. The molecule has 0 fully saturated rings. The molecule has 12 heavy (non-hydrogen) atoms. The molecule has 3 heteroatoms. The Hall–Kier alpha value is -1.22. The Morgan fingerprint density at radius 3 is 2.50 bits per heavy atom. The van der Waals surface area contributed by atoms with Gasteiger partial charge in [0.2, 0.25) is 0 Å². The SMILES string of the molecule is CCc1ccc(O)c(CN)c1O. The molecule has 0 aromatic heterocycles. The molecule has 0 saturated carbocycles. The van der Waals surface area contributed by atoms with E-state index in [1.807, 2.05) is 6.92 Å². The number of rotatable bonds is 2. The zero-order valence-electron chi connectivity index (χ0n) is 7.04. The molecule has 4 N–H and O–H groups in total. The van der Waals surface area contributed by atoms with E-state index < -0.39 is 0 Å². The Morgan fingerprint density at radius 2 is 2.00 bits per heavy atom. The van der Waals surface area contributed by atoms with Crippen LogP contribution in [-0.2, 0) is 13.0 Å². The van der Waals surface area contributed by atoms with Crippen molar-refractivity contribution in [2.45, 2.75) is 19.9 Å². The van der Waals surface area contributed by atoms with Gasteiger partial charge in [-0.15, -0.1) is 0 Å². The zero-order chi connectivity index (χ0) is 9.14. The number of nitrogens with two attached hydrogens (primary N) is 1. The first-order valence-corrected chi connectivity index (χ1v) is 3.93. The Labute approximate surface area is 71.5 Å². The third-order valence-corrected chi connectivity index (χ3v) is 1.93. The molecule has 0 unspecified atom stereocenters. The highest BCUT2D eigenvalue weighted by Crippen LogP contribution is 2.29. The number of hydrogen-bond donors (Lipinski definition) is 3. The number of aryl methyl sites for hydroxylation is 1. The van der Waals surface area contributed by atoms with Crippen molar-refractivity contribution in [3.63, 3.8) is 0 Å². The summed E-state index contributed by atoms with van der Waals surface area (Å²) in [6.07, 6.45) is 0.735. The van der Waals surface area contributed by atoms with Gasteiger partial charge in [-0.1, -0.05) is 13.0 Å². The maximum atomic E-state index is 9.53. The van der Waals surface area contributed by atoms with Gasteiger partial charge in [0.25, 0.3) is 0 Å². The number of phenolic OH excluding ortho intramolecular Hbond substituents is 2. The van der Waals surface area contributed by atoms with Crippen LogP contribution in [0.4, 0.5) is 0 Å². The summed E-state index contributed by atoms with van der Waals surface area (Å²) in [5.74, 6) is 0.187. The maximum absolute atomic E-state index is 9.53. The minimum Gasteiger partial charge on any atom is -0.507 e. The molecule has 0 aliphatic rings. The van der Waals surface area contributed by atoms with Gasteiger partial charge in [-0.3, -0.25) is 0 Å². The number of aromatic hydroxyl groups is 2. The molecule has 1 rings (SSSR count). The van der Waals surface area contributed by atoms with Crippen LogP contribution in [0, 0.1) is 0 Å². The van der Waals surface area contributed by atoms with Crippen LogP contribution in [-0.4, -0.2) is 10.2 Å². The molecule has 0 heterocycles. The van der Waals surface area contributed by atoms with Crippen molar-refractivity contribution in [3.05, 3.63) is 23.3 Å². The Morgan fingerprint density at radius 1 is 1.33 bits per heavy atom. The van der Waals surface area contributed by atoms with Gasteiger partial charge < -0.3 is 15.9 Å². The summed E-state index contributed by atoms with van der Waals surface area (Å²) >= 11 is 0. The predicted octanol–water partition coefficient (Wildman–Crippen LogP) is 1.12. The summed E-state index contributed by atoms with van der Waals surface area (Å²) in [5.41, 5.74) is 6.59. The smallest absolute Gasteiger partial charge is 0.126 e. The summed E-state index contributed by atoms with van der Waals surface area (Å²) in [6, 6.07) is 3.25. The maximum Gasteiger partial charge on any atom is 0.126 e. The lowest BCUT2D eigenvalue weighted by Gasteiger charge is -2.08. The van der Waals surface area contributed by atoms with Crippen molar-refractivity contribution in [1.82, 2.24) is 0 Å². The molecular formula is C9H13NO2. The van der Waals surface area contributed by atoms with Crippen molar-refractivity contribution in [2.24, 2.45) is 5.73 Å². The minimum atomic E-state index is 0.0622. The average molecular weight is 167 g/mol. The largest absolute Gasteiger partial charge is 0.507 e. The summed E-state index contributed by atoms with van der Waals surface area (Å²) in [5, 5.41) is 18.8. The molecule has 1 aromatic rings. The topological polar surface area (TPSA) is 66.5 Å². The van der Waals surface area contributed by atoms with Crippen LogP contribution >= 0.6 is 0 Å². The highest BCUT2D eigenvalue weighted by Gasteiger charge is 2.08. The fraction of sp³-hybridized carbons (Fsp3) is 0.333. The first-order chi connectivity index (χ1) is 5.70. The predicted molar refractivity (Wildman–Crippen MR) is 47.0 cm³/mol. The monoisotopic (exact) mass is 167 g/mol. The van der Waals surface area contributed by atoms with E-state index in [1.54, 1.807) is 12.1 Å². The van der Waals surface area contributed by atoms with Gasteiger partial charge >= 0.3 is 0 Å². The Balaban J connectivity index is 3.24. The normalized spacial score (nSPS) is 10.2. The van der Waals surface area contributed by atoms with Crippen molar-refractivity contribution in [2.75, 3.05) is 0 Å². The standard InChI is InChI=1S/C9H13NO2/c1-2-6-3-4-8(11)7(5-10)9(6)12/h3-4,11-12H,2,5,10H2,1H3. The van der Waals surface area contributed by atoms with Crippen LogP contribution in [0.2, 0.25) is 0 Å². The van der Waals surface area contributed by atoms with Gasteiger partial charge in [0.15, 0.2) is 0 Å². The van der Waals surface area contributed by atoms with Crippen LogP contribution in [0.1, 0.15) is 18.1 Å². The van der Waals surface area contributed by atoms with E-state index in [0.29, 0.717) is 5.56 Å². The van der Waals surface area contributed by atoms with Crippen LogP contribution in [0.25, 0.3) is 0 Å². The lowest BCUT2D eigenvalue weighted by molar-refractivity contribution is 0.434. The van der Waals surface area contributed by atoms with Gasteiger partial charge in [0.05, 0.1) is 0 Å². The minimum absolute atomic E-state index is 0.0622. The average Bonchev–Trinajstić information content (AvgIpc) is 2.06. The van der Waals surface area contributed by atoms with Gasteiger partial charge in [-0.25, -0.2) is 0 Å². The van der Waals surface area contributed by atoms with Gasteiger partial charge in [-0.05, 0) is 18.1 Å². The van der Waals surface area contributed by atoms with Gasteiger partial charge in [0.1, 0.15) is 11.5 Å². The fourth-order valence-electron chi connectivity index (χ4n) is 1.16. The van der Waals surface area contributed by atoms with Crippen LogP contribution < -0.4 is 5.73 Å².